The van der Waals surface area contributed by atoms with Crippen molar-refractivity contribution in [3.05, 3.63) is 173 Å². The van der Waals surface area contributed by atoms with E-state index in [1.54, 1.807) is 138 Å². The topological polar surface area (TPSA) is 296 Å². The van der Waals surface area contributed by atoms with E-state index >= 15 is 4.79 Å². The average molecular weight is 1330 g/mol. The molecule has 508 valence electrons. The van der Waals surface area contributed by atoms with E-state index in [2.05, 4.69) is 42.2 Å². The summed E-state index contributed by atoms with van der Waals surface area (Å²) in [7, 11) is 0. The van der Waals surface area contributed by atoms with Crippen LogP contribution < -0.4 is 37.2 Å². The Morgan fingerprint density at radius 1 is 0.589 bits per heavy atom. The summed E-state index contributed by atoms with van der Waals surface area (Å²) in [6, 6.07) is 21.2. The summed E-state index contributed by atoms with van der Waals surface area (Å²) in [6.45, 7) is 8.03. The molecular formula is C68H77F6N9O12. The molecule has 95 heavy (non-hydrogen) atoms. The maximum absolute atomic E-state index is 15.0. The van der Waals surface area contributed by atoms with Crippen molar-refractivity contribution in [1.82, 2.24) is 47.1 Å². The minimum Gasteiger partial charge on any atom is -0.508 e. The molecule has 0 unspecified atom stereocenters. The van der Waals surface area contributed by atoms with Gasteiger partial charge in [0.15, 0.2) is 0 Å². The molecule has 9 N–H and O–H groups in total. The van der Waals surface area contributed by atoms with Crippen molar-refractivity contribution < 1.29 is 84.1 Å². The number of amides is 8. The van der Waals surface area contributed by atoms with Crippen LogP contribution in [0.15, 0.2) is 134 Å². The Kier molecular flexibility index (Phi) is 24.6. The highest BCUT2D eigenvalue weighted by Crippen LogP contribution is 2.37. The summed E-state index contributed by atoms with van der Waals surface area (Å²) >= 11 is 0. The third kappa shape index (κ3) is 21.8. The molecule has 0 aliphatic carbocycles. The van der Waals surface area contributed by atoms with Gasteiger partial charge in [-0.1, -0.05) is 105 Å². The molecular weight excluding hydrogens is 1250 g/mol. The lowest BCUT2D eigenvalue weighted by atomic mass is 10.00. The van der Waals surface area contributed by atoms with Crippen LogP contribution in [0.25, 0.3) is 10.9 Å². The molecule has 5 aromatic carbocycles. The van der Waals surface area contributed by atoms with Crippen molar-refractivity contribution in [2.24, 2.45) is 5.92 Å². The summed E-state index contributed by atoms with van der Waals surface area (Å²) in [6.07, 6.45) is -9.92. The molecule has 1 fully saturated rings. The van der Waals surface area contributed by atoms with Crippen LogP contribution >= 0.6 is 0 Å². The minimum atomic E-state index is -5.19. The monoisotopic (exact) mass is 1330 g/mol. The first-order valence-electron chi connectivity index (χ1n) is 30.7. The third-order valence-electron chi connectivity index (χ3n) is 15.3. The summed E-state index contributed by atoms with van der Waals surface area (Å²) in [5, 5.41) is 28.7. The van der Waals surface area contributed by atoms with Gasteiger partial charge in [-0.05, 0) is 117 Å². The fourth-order valence-electron chi connectivity index (χ4n) is 10.7. The lowest BCUT2D eigenvalue weighted by Crippen LogP contribution is -2.59. The maximum Gasteiger partial charge on any atom is 0.416 e. The zero-order chi connectivity index (χ0) is 69.4. The number of para-hydroxylation sites is 1. The van der Waals surface area contributed by atoms with Crippen molar-refractivity contribution in [3.8, 4) is 5.75 Å². The number of carbonyl (C=O) groups excluding carboxylic acids is 9. The van der Waals surface area contributed by atoms with Crippen LogP contribution in [0, 0.1) is 5.92 Å². The number of H-pyrrole nitrogens is 1. The molecule has 6 aromatic rings. The largest absolute Gasteiger partial charge is 0.508 e. The average Bonchev–Trinajstić information content (AvgIpc) is 1.79. The second kappa shape index (κ2) is 32.3. The Bertz CT molecular complexity index is 3640. The SMILES string of the molecule is CC(C)C[C@H](NC(=O)[C@@H]1CCCN1C(=O)[C@H](Cc1ccccc1)NC(=O)[C@H](Cc1ccccc1)NC(=O)CNC(=O)[C@@H](C)NC(=O)[C@H](Cc1ccc(O)cc1)NC(=O)OC(C)(C)C)C(=O)N[C@@H](Cc1c[nH]c2ccccc12)C(=O)OCc1cc(C(F)(F)F)cc(C(F)(F)F)c1. The zero-order valence-corrected chi connectivity index (χ0v) is 53.0. The number of benzene rings is 5. The Balaban J connectivity index is 1.05. The number of hydrogen-bond donors (Lipinski definition) is 9. The van der Waals surface area contributed by atoms with E-state index in [4.69, 9.17) is 9.47 Å². The molecule has 8 amide bonds. The first kappa shape index (κ1) is 72.5. The van der Waals surface area contributed by atoms with Gasteiger partial charge in [0.1, 0.15) is 60.3 Å². The first-order chi connectivity index (χ1) is 44.8. The van der Waals surface area contributed by atoms with Crippen LogP contribution in [0.5, 0.6) is 5.75 Å². The van der Waals surface area contributed by atoms with Gasteiger partial charge in [-0.2, -0.15) is 26.3 Å². The number of esters is 1. The molecule has 1 aliphatic heterocycles. The van der Waals surface area contributed by atoms with Crippen molar-refractivity contribution in [3.63, 3.8) is 0 Å². The fourth-order valence-corrected chi connectivity index (χ4v) is 10.7. The van der Waals surface area contributed by atoms with Gasteiger partial charge in [-0.3, -0.25) is 33.6 Å². The van der Waals surface area contributed by atoms with E-state index in [0.717, 1.165) is 0 Å². The second-order valence-corrected chi connectivity index (χ2v) is 24.6. The molecule has 21 nitrogen and oxygen atoms in total. The van der Waals surface area contributed by atoms with E-state index in [1.807, 2.05) is 0 Å². The van der Waals surface area contributed by atoms with Gasteiger partial charge in [0.05, 0.1) is 17.7 Å². The Morgan fingerprint density at radius 2 is 1.13 bits per heavy atom. The summed E-state index contributed by atoms with van der Waals surface area (Å²) in [5.41, 5.74) is -1.95. The van der Waals surface area contributed by atoms with E-state index < -0.39 is 144 Å². The standard InChI is InChI=1S/C68H77F6N9O12/c1-39(2)28-51(60(88)81-55(34-45-36-75-50-21-14-13-20-49(45)50)64(92)94-38-44-29-46(67(69,70)71)35-47(30-44)68(72,73)74)79-62(90)56-22-15-27-83(56)63(91)54(33-42-18-11-8-12-19-42)80-61(89)52(31-41-16-9-7-10-17-41)78-57(85)37-76-58(86)40(3)77-59(87)53(82-65(93)95-66(4,5)6)32-43-23-25-48(84)26-24-43/h7-14,16-21,23-26,29-30,35-36,39-40,51-56,75,84H,15,22,27-28,31-34,37-38H2,1-6H3,(H,76,86)(H,77,87)(H,78,85)(H,79,90)(H,80,89)(H,81,88)(H,82,93)/t40-,51+,52+,53+,54+,55+,56+/m1/s1. The predicted molar refractivity (Wildman–Crippen MR) is 336 cm³/mol. The van der Waals surface area contributed by atoms with Crippen molar-refractivity contribution in [2.45, 2.75) is 153 Å². The number of aromatic amines is 1. The van der Waals surface area contributed by atoms with Gasteiger partial charge in [0.25, 0.3) is 0 Å². The number of alkyl carbamates (subject to hydrolysis) is 1. The van der Waals surface area contributed by atoms with Gasteiger partial charge in [-0.15, -0.1) is 0 Å². The molecule has 2 heterocycles. The molecule has 1 aromatic heterocycles. The van der Waals surface area contributed by atoms with E-state index in [1.165, 1.54) is 24.0 Å². The number of halogens is 6. The number of carbonyl (C=O) groups is 9. The quantitative estimate of drug-likeness (QED) is 0.0180. The zero-order valence-electron chi connectivity index (χ0n) is 53.0. The minimum absolute atomic E-state index is 0.0239. The number of likely N-dealkylation sites (tertiary alicyclic amines) is 1. The van der Waals surface area contributed by atoms with Crippen molar-refractivity contribution >= 4 is 64.3 Å². The second-order valence-electron chi connectivity index (χ2n) is 24.6. The number of fused-ring (bicyclic) bond motifs is 1. The Labute approximate surface area is 544 Å². The van der Waals surface area contributed by atoms with Crippen molar-refractivity contribution in [1.29, 1.82) is 0 Å². The van der Waals surface area contributed by atoms with E-state index in [9.17, 15) is 69.8 Å². The lowest BCUT2D eigenvalue weighted by Gasteiger charge is -2.31. The summed E-state index contributed by atoms with van der Waals surface area (Å²) in [4.78, 5) is 131. The number of phenols is 1. The van der Waals surface area contributed by atoms with Crippen molar-refractivity contribution in [2.75, 3.05) is 13.1 Å². The highest BCUT2D eigenvalue weighted by molar-refractivity contribution is 5.98. The molecule has 7 rings (SSSR count). The molecule has 0 saturated carbocycles. The third-order valence-corrected chi connectivity index (χ3v) is 15.3. The van der Waals surface area contributed by atoms with Gasteiger partial charge in [0.2, 0.25) is 41.4 Å². The smallest absolute Gasteiger partial charge is 0.416 e. The molecule has 27 heteroatoms. The number of aromatic hydroxyl groups is 1. The fraction of sp³-hybridized carbons (Fsp3) is 0.397. The first-order valence-corrected chi connectivity index (χ1v) is 30.7. The molecule has 7 atom stereocenters. The highest BCUT2D eigenvalue weighted by Gasteiger charge is 2.42. The number of ether oxygens (including phenoxy) is 2. The summed E-state index contributed by atoms with van der Waals surface area (Å²) < 4.78 is 93.4. The molecule has 1 saturated heterocycles. The van der Waals surface area contributed by atoms with Crippen LogP contribution in [0.4, 0.5) is 31.1 Å². The van der Waals surface area contributed by atoms with E-state index in [-0.39, 0.29) is 62.8 Å². The van der Waals surface area contributed by atoms with E-state index in [0.29, 0.717) is 51.7 Å². The number of alkyl halides is 6. The highest BCUT2D eigenvalue weighted by atomic mass is 19.4. The summed E-state index contributed by atoms with van der Waals surface area (Å²) in [5.74, 6) is -7.20. The normalized spacial score (nSPS) is 15.3. The van der Waals surface area contributed by atoms with Crippen LogP contribution in [0.2, 0.25) is 0 Å². The number of hydrogen-bond acceptors (Lipinski definition) is 12. The van der Waals surface area contributed by atoms with Crippen LogP contribution in [-0.2, 0) is 92.5 Å². The molecule has 1 aliphatic rings. The van der Waals surface area contributed by atoms with Gasteiger partial charge in [-0.25, -0.2) is 9.59 Å². The maximum atomic E-state index is 15.0. The van der Waals surface area contributed by atoms with Gasteiger partial charge >= 0.3 is 24.4 Å². The Hall–Kier alpha value is -9.95. The number of nitrogens with one attached hydrogen (secondary N) is 8. The lowest BCUT2D eigenvalue weighted by molar-refractivity contribution is -0.149. The van der Waals surface area contributed by atoms with Crippen LogP contribution in [-0.4, -0.2) is 129 Å². The number of phenolic OH excluding ortho intramolecular Hbond substituents is 1. The van der Waals surface area contributed by atoms with Crippen LogP contribution in [0.1, 0.15) is 99.7 Å². The van der Waals surface area contributed by atoms with Gasteiger partial charge in [0, 0.05) is 49.3 Å². The molecule has 0 bridgehead atoms. The van der Waals surface area contributed by atoms with Crippen LogP contribution in [0.3, 0.4) is 0 Å². The Morgan fingerprint density at radius 3 is 1.72 bits per heavy atom. The molecule has 0 radical (unpaired) electrons. The predicted octanol–water partition coefficient (Wildman–Crippen LogP) is 7.42. The number of rotatable bonds is 27. The number of aromatic nitrogens is 1. The number of nitrogens with zero attached hydrogens (tertiary/aromatic N) is 1. The molecule has 0 spiro atoms. The van der Waals surface area contributed by atoms with Gasteiger partial charge < -0.3 is 61.7 Å².